The maximum absolute atomic E-state index is 5.40. The second-order valence-corrected chi connectivity index (χ2v) is 2.40. The molecule has 0 aromatic carbocycles. The molecule has 1 heterocycles. The van der Waals surface area contributed by atoms with Gasteiger partial charge in [0, 0.05) is 6.20 Å². The lowest BCUT2D eigenvalue weighted by molar-refractivity contribution is 0.885. The predicted molar refractivity (Wildman–Crippen MR) is 34.3 cm³/mol. The normalized spacial score (nSPS) is 10.1. The summed E-state index contributed by atoms with van der Waals surface area (Å²) >= 11 is 10.8. The molecule has 0 atom stereocenters. The van der Waals surface area contributed by atoms with E-state index >= 15 is 0 Å². The molecular weight excluding hydrogens is 161 g/mol. The van der Waals surface area contributed by atoms with Crippen molar-refractivity contribution in [3.05, 3.63) is 18.2 Å². The zero-order valence-electron chi connectivity index (χ0n) is 4.33. The highest BCUT2D eigenvalue weighted by Crippen LogP contribution is 2.18. The van der Waals surface area contributed by atoms with E-state index in [1.807, 2.05) is 0 Å². The molecule has 0 amide bonds. The van der Waals surface area contributed by atoms with E-state index in [0.717, 1.165) is 0 Å². The van der Waals surface area contributed by atoms with Gasteiger partial charge in [0.25, 0.3) is 0 Å². The molecule has 5 heteroatoms. The number of halogens is 2. The lowest BCUT2D eigenvalue weighted by Gasteiger charge is -1.93. The minimum Gasteiger partial charge on any atom is -0.235 e. The van der Waals surface area contributed by atoms with E-state index in [1.165, 1.54) is 12.4 Å². The van der Waals surface area contributed by atoms with Crippen LogP contribution in [-0.4, -0.2) is 15.2 Å². The molecule has 9 heavy (non-hydrogen) atoms. The lowest BCUT2D eigenvalue weighted by atomic mass is 10.7. The van der Waals surface area contributed by atoms with E-state index in [1.54, 1.807) is 0 Å². The number of aromatic nitrogens is 3. The summed E-state index contributed by atoms with van der Waals surface area (Å²) in [6, 6.07) is 0. The fourth-order valence-corrected chi connectivity index (χ4v) is 0.558. The van der Waals surface area contributed by atoms with Crippen LogP contribution in [0.3, 0.4) is 0 Å². The highest BCUT2D eigenvalue weighted by atomic mass is 35.5. The topological polar surface area (TPSA) is 38.7 Å². The Morgan fingerprint density at radius 3 is 2.44 bits per heavy atom. The number of alkyl halides is 2. The van der Waals surface area contributed by atoms with Gasteiger partial charge in [0.15, 0.2) is 10.7 Å². The molecule has 0 radical (unpaired) electrons. The Morgan fingerprint density at radius 1 is 1.33 bits per heavy atom. The maximum Gasteiger partial charge on any atom is 0.184 e. The quantitative estimate of drug-likeness (QED) is 0.588. The summed E-state index contributed by atoms with van der Waals surface area (Å²) in [5, 5.41) is 7.08. The number of rotatable bonds is 1. The Hall–Kier alpha value is -0.410. The van der Waals surface area contributed by atoms with Crippen LogP contribution in [0, 0.1) is 0 Å². The van der Waals surface area contributed by atoms with Gasteiger partial charge in [-0.25, -0.2) is 4.98 Å². The van der Waals surface area contributed by atoms with Gasteiger partial charge in [0.2, 0.25) is 0 Å². The average Bonchev–Trinajstić information content (AvgIpc) is 1.90. The van der Waals surface area contributed by atoms with Gasteiger partial charge >= 0.3 is 0 Å². The van der Waals surface area contributed by atoms with Crippen molar-refractivity contribution in [1.82, 2.24) is 15.2 Å². The van der Waals surface area contributed by atoms with E-state index in [2.05, 4.69) is 15.2 Å². The third kappa shape index (κ3) is 1.77. The zero-order valence-corrected chi connectivity index (χ0v) is 5.84. The largest absolute Gasteiger partial charge is 0.235 e. The number of nitrogens with zero attached hydrogens (tertiary/aromatic N) is 3. The van der Waals surface area contributed by atoms with E-state index in [-0.39, 0.29) is 0 Å². The van der Waals surface area contributed by atoms with Crippen molar-refractivity contribution in [2.75, 3.05) is 0 Å². The van der Waals surface area contributed by atoms with Gasteiger partial charge in [-0.15, -0.1) is 5.10 Å². The van der Waals surface area contributed by atoms with Crippen molar-refractivity contribution in [3.63, 3.8) is 0 Å². The van der Waals surface area contributed by atoms with E-state index in [0.29, 0.717) is 5.82 Å². The van der Waals surface area contributed by atoms with Crippen molar-refractivity contribution in [2.24, 2.45) is 0 Å². The lowest BCUT2D eigenvalue weighted by Crippen LogP contribution is -1.93. The summed E-state index contributed by atoms with van der Waals surface area (Å²) in [5.41, 5.74) is 0. The smallest absolute Gasteiger partial charge is 0.184 e. The summed E-state index contributed by atoms with van der Waals surface area (Å²) in [7, 11) is 0. The predicted octanol–water partition coefficient (Wildman–Crippen LogP) is 1.35. The minimum atomic E-state index is -0.682. The summed E-state index contributed by atoms with van der Waals surface area (Å²) < 4.78 is 0. The molecule has 0 aliphatic heterocycles. The molecule has 1 rings (SSSR count). The van der Waals surface area contributed by atoms with Crippen molar-refractivity contribution in [3.8, 4) is 0 Å². The first-order valence-electron chi connectivity index (χ1n) is 2.22. The van der Waals surface area contributed by atoms with Crippen molar-refractivity contribution >= 4 is 23.2 Å². The van der Waals surface area contributed by atoms with Crippen LogP contribution in [-0.2, 0) is 0 Å². The molecule has 48 valence electrons. The van der Waals surface area contributed by atoms with Crippen molar-refractivity contribution in [1.29, 1.82) is 0 Å². The highest BCUT2D eigenvalue weighted by molar-refractivity contribution is 6.43. The molecule has 0 aliphatic carbocycles. The Balaban J connectivity index is 2.85. The molecule has 0 bridgehead atoms. The average molecular weight is 164 g/mol. The standard InChI is InChI=1S/C4H3Cl2N3/c5-3(6)4-7-1-2-8-9-4/h1-3H. The SMILES string of the molecule is ClC(Cl)c1nccnn1. The molecular formula is C4H3Cl2N3. The molecule has 1 aromatic rings. The Kier molecular flexibility index (Phi) is 2.19. The second kappa shape index (κ2) is 2.94. The molecule has 0 N–H and O–H groups in total. The molecule has 0 unspecified atom stereocenters. The van der Waals surface area contributed by atoms with Gasteiger partial charge in [-0.2, -0.15) is 5.10 Å². The Labute approximate surface area is 62.0 Å². The molecule has 0 spiro atoms. The van der Waals surface area contributed by atoms with E-state index in [9.17, 15) is 0 Å². The van der Waals surface area contributed by atoms with Crippen molar-refractivity contribution in [2.45, 2.75) is 4.84 Å². The number of hydrogen-bond donors (Lipinski definition) is 0. The van der Waals surface area contributed by atoms with Gasteiger partial charge in [-0.1, -0.05) is 23.2 Å². The van der Waals surface area contributed by atoms with Crippen LogP contribution in [0.4, 0.5) is 0 Å². The fraction of sp³-hybridized carbons (Fsp3) is 0.250. The van der Waals surface area contributed by atoms with Gasteiger partial charge in [-0.05, 0) is 0 Å². The van der Waals surface area contributed by atoms with Crippen LogP contribution in [0.2, 0.25) is 0 Å². The van der Waals surface area contributed by atoms with E-state index < -0.39 is 4.84 Å². The summed E-state index contributed by atoms with van der Waals surface area (Å²) in [5.74, 6) is 0.334. The monoisotopic (exact) mass is 163 g/mol. The first-order valence-corrected chi connectivity index (χ1v) is 3.09. The summed E-state index contributed by atoms with van der Waals surface area (Å²) in [6.07, 6.45) is 2.94. The van der Waals surface area contributed by atoms with Gasteiger partial charge < -0.3 is 0 Å². The molecule has 0 saturated carbocycles. The van der Waals surface area contributed by atoms with Crippen LogP contribution in [0.25, 0.3) is 0 Å². The first kappa shape index (κ1) is 6.71. The Morgan fingerprint density at radius 2 is 2.11 bits per heavy atom. The zero-order chi connectivity index (χ0) is 6.69. The third-order valence-electron chi connectivity index (χ3n) is 0.696. The number of hydrogen-bond acceptors (Lipinski definition) is 3. The first-order chi connectivity index (χ1) is 4.30. The van der Waals surface area contributed by atoms with Crippen LogP contribution in [0.5, 0.6) is 0 Å². The van der Waals surface area contributed by atoms with Gasteiger partial charge in [-0.3, -0.25) is 0 Å². The molecule has 0 aliphatic rings. The molecule has 3 nitrogen and oxygen atoms in total. The summed E-state index contributed by atoms with van der Waals surface area (Å²) in [6.45, 7) is 0. The Bertz CT molecular complexity index is 176. The van der Waals surface area contributed by atoms with Crippen LogP contribution >= 0.6 is 23.2 Å². The van der Waals surface area contributed by atoms with Gasteiger partial charge in [0.1, 0.15) is 0 Å². The van der Waals surface area contributed by atoms with Gasteiger partial charge in [0.05, 0.1) is 6.20 Å². The summed E-state index contributed by atoms with van der Waals surface area (Å²) in [4.78, 5) is 3.06. The van der Waals surface area contributed by atoms with Crippen LogP contribution < -0.4 is 0 Å². The third-order valence-corrected chi connectivity index (χ3v) is 1.09. The maximum atomic E-state index is 5.40. The molecule has 0 saturated heterocycles. The van der Waals surface area contributed by atoms with Crippen LogP contribution in [0.1, 0.15) is 10.7 Å². The molecule has 1 aromatic heterocycles. The molecule has 0 fully saturated rings. The minimum absolute atomic E-state index is 0.334. The highest BCUT2D eigenvalue weighted by Gasteiger charge is 2.04. The van der Waals surface area contributed by atoms with Crippen LogP contribution in [0.15, 0.2) is 12.4 Å². The van der Waals surface area contributed by atoms with E-state index in [4.69, 9.17) is 23.2 Å². The fourth-order valence-electron chi connectivity index (χ4n) is 0.358. The van der Waals surface area contributed by atoms with Crippen molar-refractivity contribution < 1.29 is 0 Å². The second-order valence-electron chi connectivity index (χ2n) is 1.30.